The van der Waals surface area contributed by atoms with Crippen LogP contribution >= 0.6 is 0 Å². The van der Waals surface area contributed by atoms with Gasteiger partial charge >= 0.3 is 0 Å². The zero-order chi connectivity index (χ0) is 26.9. The average Bonchev–Trinajstić information content (AvgIpc) is 2.96. The highest BCUT2D eigenvalue weighted by molar-refractivity contribution is 6.07. The summed E-state index contributed by atoms with van der Waals surface area (Å²) in [4.78, 5) is 39.6. The second-order valence-corrected chi connectivity index (χ2v) is 8.19. The summed E-state index contributed by atoms with van der Waals surface area (Å²) in [5.41, 5.74) is 14.2. The van der Waals surface area contributed by atoms with Crippen LogP contribution in [-0.2, 0) is 9.59 Å². The molecule has 1 heterocycles. The average molecular weight is 517 g/mol. The van der Waals surface area contributed by atoms with Crippen LogP contribution in [0.3, 0.4) is 0 Å². The quantitative estimate of drug-likeness (QED) is 0.241. The van der Waals surface area contributed by atoms with Crippen molar-refractivity contribution in [3.05, 3.63) is 133 Å². The van der Waals surface area contributed by atoms with Crippen molar-refractivity contribution in [2.24, 2.45) is 0 Å². The molecule has 192 valence electrons. The zero-order valence-electron chi connectivity index (χ0n) is 20.7. The molecule has 0 atom stereocenters. The van der Waals surface area contributed by atoms with Crippen LogP contribution in [0.5, 0.6) is 0 Å². The number of allylic oxidation sites excluding steroid dienone is 10. The van der Waals surface area contributed by atoms with E-state index in [0.29, 0.717) is 17.1 Å². The molecule has 3 aromatic rings. The Morgan fingerprint density at radius 2 is 1.00 bits per heavy atom. The van der Waals surface area contributed by atoms with E-state index in [9.17, 15) is 9.59 Å². The number of hydrogen-bond donors (Lipinski definition) is 4. The third kappa shape index (κ3) is 6.33. The SMILES string of the molecule is O=C1C=CC=CC1=CNNc1nc(NNC=C2C=CC=CC2=O)nc(N(c2ccccc2)c2ccccc2)n1. The third-order valence-electron chi connectivity index (χ3n) is 5.51. The van der Waals surface area contributed by atoms with Crippen LogP contribution in [0.25, 0.3) is 0 Å². The lowest BCUT2D eigenvalue weighted by Gasteiger charge is -2.23. The zero-order valence-corrected chi connectivity index (χ0v) is 20.7. The molecule has 10 nitrogen and oxygen atoms in total. The van der Waals surface area contributed by atoms with Gasteiger partial charge in [-0.3, -0.25) is 25.3 Å². The molecule has 5 rings (SSSR count). The summed E-state index contributed by atoms with van der Waals surface area (Å²) < 4.78 is 0. The number of para-hydroxylation sites is 2. The molecule has 0 aliphatic heterocycles. The summed E-state index contributed by atoms with van der Waals surface area (Å²) in [6.07, 6.45) is 16.3. The Morgan fingerprint density at radius 3 is 1.44 bits per heavy atom. The fourth-order valence-corrected chi connectivity index (χ4v) is 3.67. The van der Waals surface area contributed by atoms with Gasteiger partial charge in [-0.1, -0.05) is 60.7 Å². The number of nitrogens with one attached hydrogen (secondary N) is 4. The smallest absolute Gasteiger partial charge is 0.248 e. The highest BCUT2D eigenvalue weighted by atomic mass is 16.1. The second-order valence-electron chi connectivity index (χ2n) is 8.19. The van der Waals surface area contributed by atoms with E-state index in [1.807, 2.05) is 65.6 Å². The monoisotopic (exact) mass is 516 g/mol. The number of carbonyl (C=O) groups is 2. The number of aromatic nitrogens is 3. The van der Waals surface area contributed by atoms with Gasteiger partial charge in [-0.15, -0.1) is 0 Å². The Hall–Kier alpha value is -5.77. The largest absolute Gasteiger partial charge is 0.305 e. The molecule has 0 amide bonds. The summed E-state index contributed by atoms with van der Waals surface area (Å²) in [5, 5.41) is 0. The van der Waals surface area contributed by atoms with E-state index >= 15 is 0 Å². The molecule has 2 aliphatic rings. The minimum absolute atomic E-state index is 0.122. The predicted molar refractivity (Wildman–Crippen MR) is 151 cm³/mol. The van der Waals surface area contributed by atoms with E-state index in [0.717, 1.165) is 11.4 Å². The molecule has 10 heteroatoms. The first kappa shape index (κ1) is 24.9. The molecule has 0 unspecified atom stereocenters. The van der Waals surface area contributed by atoms with Gasteiger partial charge in [0.1, 0.15) is 0 Å². The predicted octanol–water partition coefficient (Wildman–Crippen LogP) is 4.33. The van der Waals surface area contributed by atoms with Crippen LogP contribution in [0.1, 0.15) is 0 Å². The number of rotatable bonds is 9. The maximum atomic E-state index is 12.0. The summed E-state index contributed by atoms with van der Waals surface area (Å²) in [6.45, 7) is 0. The number of carbonyl (C=O) groups excluding carboxylic acids is 2. The van der Waals surface area contributed by atoms with Crippen LogP contribution in [0.2, 0.25) is 0 Å². The maximum absolute atomic E-state index is 12.0. The Morgan fingerprint density at radius 1 is 0.564 bits per heavy atom. The van der Waals surface area contributed by atoms with Gasteiger partial charge in [0.25, 0.3) is 0 Å². The molecule has 0 saturated carbocycles. The lowest BCUT2D eigenvalue weighted by Crippen LogP contribution is -2.24. The molecular formula is C29H24N8O2. The van der Waals surface area contributed by atoms with Crippen molar-refractivity contribution in [3.8, 4) is 0 Å². The fraction of sp³-hybridized carbons (Fsp3) is 0. The number of hydrazine groups is 2. The summed E-state index contributed by atoms with van der Waals surface area (Å²) in [6, 6.07) is 19.4. The van der Waals surface area contributed by atoms with E-state index in [-0.39, 0.29) is 23.5 Å². The first-order valence-corrected chi connectivity index (χ1v) is 12.1. The van der Waals surface area contributed by atoms with Crippen molar-refractivity contribution in [3.63, 3.8) is 0 Å². The molecule has 4 N–H and O–H groups in total. The number of benzene rings is 2. The van der Waals surface area contributed by atoms with Crippen LogP contribution in [0.15, 0.2) is 133 Å². The van der Waals surface area contributed by atoms with Crippen molar-refractivity contribution in [1.82, 2.24) is 25.8 Å². The minimum Gasteiger partial charge on any atom is -0.305 e. The summed E-state index contributed by atoms with van der Waals surface area (Å²) >= 11 is 0. The Labute approximate surface area is 224 Å². The molecule has 0 saturated heterocycles. The first-order valence-electron chi connectivity index (χ1n) is 12.1. The van der Waals surface area contributed by atoms with Crippen LogP contribution in [0, 0.1) is 0 Å². The van der Waals surface area contributed by atoms with Crippen molar-refractivity contribution >= 4 is 40.8 Å². The van der Waals surface area contributed by atoms with E-state index in [1.54, 1.807) is 36.5 Å². The van der Waals surface area contributed by atoms with Gasteiger partial charge in [0.2, 0.25) is 17.8 Å². The van der Waals surface area contributed by atoms with Gasteiger partial charge in [-0.25, -0.2) is 0 Å². The fourth-order valence-electron chi connectivity index (χ4n) is 3.67. The van der Waals surface area contributed by atoms with Gasteiger partial charge in [0, 0.05) is 34.9 Å². The van der Waals surface area contributed by atoms with Crippen LogP contribution in [-0.4, -0.2) is 26.5 Å². The second kappa shape index (κ2) is 12.0. The van der Waals surface area contributed by atoms with Crippen LogP contribution in [0.4, 0.5) is 29.2 Å². The molecular weight excluding hydrogens is 492 g/mol. The maximum Gasteiger partial charge on any atom is 0.248 e. The number of nitrogens with zero attached hydrogens (tertiary/aromatic N) is 4. The van der Waals surface area contributed by atoms with E-state index < -0.39 is 0 Å². The highest BCUT2D eigenvalue weighted by Gasteiger charge is 2.18. The molecule has 1 aromatic heterocycles. The van der Waals surface area contributed by atoms with E-state index in [2.05, 4.69) is 36.7 Å². The van der Waals surface area contributed by atoms with Crippen molar-refractivity contribution in [1.29, 1.82) is 0 Å². The van der Waals surface area contributed by atoms with Crippen molar-refractivity contribution in [2.75, 3.05) is 15.8 Å². The summed E-state index contributed by atoms with van der Waals surface area (Å²) in [7, 11) is 0. The lowest BCUT2D eigenvalue weighted by molar-refractivity contribution is -0.111. The lowest BCUT2D eigenvalue weighted by atomic mass is 10.1. The summed E-state index contributed by atoms with van der Waals surface area (Å²) in [5.74, 6) is 0.450. The van der Waals surface area contributed by atoms with Gasteiger partial charge in [-0.2, -0.15) is 15.0 Å². The Bertz CT molecular complexity index is 1430. The van der Waals surface area contributed by atoms with E-state index in [4.69, 9.17) is 0 Å². The topological polar surface area (TPSA) is 124 Å². The van der Waals surface area contributed by atoms with E-state index in [1.165, 1.54) is 24.6 Å². The first-order chi connectivity index (χ1) is 19.2. The molecule has 0 spiro atoms. The number of anilines is 5. The molecule has 39 heavy (non-hydrogen) atoms. The molecule has 2 aromatic carbocycles. The van der Waals surface area contributed by atoms with Crippen molar-refractivity contribution < 1.29 is 9.59 Å². The normalized spacial score (nSPS) is 16.0. The molecule has 0 radical (unpaired) electrons. The van der Waals surface area contributed by atoms with Gasteiger partial charge in [0.05, 0.1) is 0 Å². The number of hydrogen-bond acceptors (Lipinski definition) is 10. The highest BCUT2D eigenvalue weighted by Crippen LogP contribution is 2.32. The standard InChI is InChI=1S/C29H24N8O2/c38-25-17-9-7-11-21(25)19-30-35-27-32-28(36-31-20-22-12-8-10-18-26(22)39)34-29(33-27)37(23-13-3-1-4-14-23)24-15-5-2-6-16-24/h1-20,30-31H,(H2,32,33,34,35,36). The van der Waals surface area contributed by atoms with Crippen molar-refractivity contribution in [2.45, 2.75) is 0 Å². The van der Waals surface area contributed by atoms with Gasteiger partial charge in [0.15, 0.2) is 11.6 Å². The van der Waals surface area contributed by atoms with Gasteiger partial charge < -0.3 is 10.9 Å². The Kier molecular flexibility index (Phi) is 7.65. The molecule has 2 aliphatic carbocycles. The van der Waals surface area contributed by atoms with Gasteiger partial charge in [-0.05, 0) is 48.6 Å². The third-order valence-corrected chi connectivity index (χ3v) is 5.51. The van der Waals surface area contributed by atoms with Crippen LogP contribution < -0.4 is 26.6 Å². The minimum atomic E-state index is -0.122. The Balaban J connectivity index is 1.47. The molecule has 0 fully saturated rings. The number of ketones is 2. The molecule has 0 bridgehead atoms.